The molecule has 0 spiro atoms. The van der Waals surface area contributed by atoms with Gasteiger partial charge in [-0.1, -0.05) is 18.2 Å². The number of hydrogen-bond acceptors (Lipinski definition) is 5. The van der Waals surface area contributed by atoms with Crippen molar-refractivity contribution in [2.45, 2.75) is 26.4 Å². The lowest BCUT2D eigenvalue weighted by molar-refractivity contribution is 0.394. The van der Waals surface area contributed by atoms with E-state index in [4.69, 9.17) is 14.5 Å². The molecule has 0 aliphatic carbocycles. The predicted octanol–water partition coefficient (Wildman–Crippen LogP) is 3.31. The van der Waals surface area contributed by atoms with Crippen LogP contribution in [0.1, 0.15) is 31.0 Å². The number of H-pyrrole nitrogens is 1. The largest absolute Gasteiger partial charge is 0.497 e. The Balaban J connectivity index is 1.76. The van der Waals surface area contributed by atoms with E-state index in [9.17, 15) is 0 Å². The third kappa shape index (κ3) is 5.28. The van der Waals surface area contributed by atoms with Crippen LogP contribution in [0.4, 0.5) is 0 Å². The van der Waals surface area contributed by atoms with Gasteiger partial charge in [-0.3, -0.25) is 5.10 Å². The number of aliphatic imine (C=N–C) groups is 1. The van der Waals surface area contributed by atoms with Gasteiger partial charge in [-0.25, -0.2) is 9.98 Å². The molecule has 8 heteroatoms. The normalized spacial score (nSPS) is 12.3. The van der Waals surface area contributed by atoms with Gasteiger partial charge in [0.25, 0.3) is 0 Å². The lowest BCUT2D eigenvalue weighted by Crippen LogP contribution is -2.38. The van der Waals surface area contributed by atoms with Gasteiger partial charge in [0.1, 0.15) is 17.8 Å². The van der Waals surface area contributed by atoms with Crippen LogP contribution in [0.25, 0.3) is 11.4 Å². The van der Waals surface area contributed by atoms with Gasteiger partial charge < -0.3 is 20.1 Å². The molecule has 1 atom stereocenters. The second kappa shape index (κ2) is 10.3. The van der Waals surface area contributed by atoms with E-state index in [1.807, 2.05) is 43.3 Å². The third-order valence-electron chi connectivity index (χ3n) is 4.64. The maximum absolute atomic E-state index is 5.52. The van der Waals surface area contributed by atoms with Crippen LogP contribution in [0.2, 0.25) is 0 Å². The molecular formula is C22H28N6O2. The van der Waals surface area contributed by atoms with Gasteiger partial charge in [-0.2, -0.15) is 5.10 Å². The number of benzene rings is 2. The molecule has 1 aromatic heterocycles. The van der Waals surface area contributed by atoms with Crippen molar-refractivity contribution in [1.82, 2.24) is 25.8 Å². The molecule has 3 aromatic rings. The zero-order valence-corrected chi connectivity index (χ0v) is 17.8. The zero-order valence-electron chi connectivity index (χ0n) is 17.8. The van der Waals surface area contributed by atoms with Crippen molar-refractivity contribution in [2.75, 3.05) is 20.8 Å². The number of nitrogens with zero attached hydrogens (tertiary/aromatic N) is 3. The quantitative estimate of drug-likeness (QED) is 0.391. The monoisotopic (exact) mass is 408 g/mol. The van der Waals surface area contributed by atoms with Crippen LogP contribution >= 0.6 is 0 Å². The minimum Gasteiger partial charge on any atom is -0.497 e. The van der Waals surface area contributed by atoms with Gasteiger partial charge in [0, 0.05) is 17.7 Å². The summed E-state index contributed by atoms with van der Waals surface area (Å²) < 4.78 is 10.9. The van der Waals surface area contributed by atoms with E-state index in [0.717, 1.165) is 46.5 Å². The highest BCUT2D eigenvalue weighted by atomic mass is 16.5. The smallest absolute Gasteiger partial charge is 0.192 e. The highest BCUT2D eigenvalue weighted by Crippen LogP contribution is 2.29. The predicted molar refractivity (Wildman–Crippen MR) is 118 cm³/mol. The molecule has 0 radical (unpaired) electrons. The standard InChI is InChI=1S/C22H28N6O2/c1-5-23-22(27-15(2)19-12-18(29-3)9-10-20(19)30-4)24-13-16-7-6-8-17(11-16)21-25-14-26-28-21/h6-12,14-15H,5,13H2,1-4H3,(H2,23,24,27)(H,25,26,28). The molecule has 3 rings (SSSR count). The van der Waals surface area contributed by atoms with E-state index in [1.54, 1.807) is 14.2 Å². The number of nitrogens with one attached hydrogen (secondary N) is 3. The van der Waals surface area contributed by atoms with E-state index >= 15 is 0 Å². The van der Waals surface area contributed by atoms with Crippen LogP contribution in [0.3, 0.4) is 0 Å². The van der Waals surface area contributed by atoms with E-state index in [-0.39, 0.29) is 6.04 Å². The van der Waals surface area contributed by atoms with Crippen molar-refractivity contribution in [3.05, 3.63) is 59.9 Å². The number of ether oxygens (including phenoxy) is 2. The highest BCUT2D eigenvalue weighted by molar-refractivity contribution is 5.80. The summed E-state index contributed by atoms with van der Waals surface area (Å²) in [6, 6.07) is 13.8. The van der Waals surface area contributed by atoms with Gasteiger partial charge >= 0.3 is 0 Å². The molecule has 0 amide bonds. The number of hydrogen-bond donors (Lipinski definition) is 3. The number of aromatic nitrogens is 3. The summed E-state index contributed by atoms with van der Waals surface area (Å²) in [4.78, 5) is 8.95. The Bertz CT molecular complexity index is 972. The molecular weight excluding hydrogens is 380 g/mol. The molecule has 0 aliphatic rings. The molecule has 8 nitrogen and oxygen atoms in total. The average molecular weight is 409 g/mol. The van der Waals surface area contributed by atoms with Crippen molar-refractivity contribution in [3.63, 3.8) is 0 Å². The summed E-state index contributed by atoms with van der Waals surface area (Å²) in [7, 11) is 3.32. The van der Waals surface area contributed by atoms with E-state index in [1.165, 1.54) is 6.33 Å². The van der Waals surface area contributed by atoms with Crippen LogP contribution in [-0.2, 0) is 6.54 Å². The number of methoxy groups -OCH3 is 2. The fourth-order valence-electron chi connectivity index (χ4n) is 3.11. The molecule has 1 heterocycles. The lowest BCUT2D eigenvalue weighted by Gasteiger charge is -2.21. The van der Waals surface area contributed by atoms with Gasteiger partial charge in [-0.05, 0) is 43.7 Å². The van der Waals surface area contributed by atoms with Crippen LogP contribution < -0.4 is 20.1 Å². The van der Waals surface area contributed by atoms with Crippen molar-refractivity contribution >= 4 is 5.96 Å². The summed E-state index contributed by atoms with van der Waals surface area (Å²) in [6.07, 6.45) is 1.50. The first kappa shape index (κ1) is 21.2. The SMILES string of the molecule is CCNC(=NCc1cccc(-c2ncn[nH]2)c1)NC(C)c1cc(OC)ccc1OC. The maximum atomic E-state index is 5.52. The first-order valence-corrected chi connectivity index (χ1v) is 9.86. The Morgan fingerprint density at radius 3 is 2.73 bits per heavy atom. The van der Waals surface area contributed by atoms with E-state index in [2.05, 4.69) is 38.8 Å². The Morgan fingerprint density at radius 1 is 1.17 bits per heavy atom. The van der Waals surface area contributed by atoms with Crippen LogP contribution in [0.5, 0.6) is 11.5 Å². The van der Waals surface area contributed by atoms with Crippen LogP contribution in [0.15, 0.2) is 53.8 Å². The summed E-state index contributed by atoms with van der Waals surface area (Å²) in [5.41, 5.74) is 3.05. The molecule has 0 saturated heterocycles. The van der Waals surface area contributed by atoms with Gasteiger partial charge in [0.15, 0.2) is 11.8 Å². The maximum Gasteiger partial charge on any atom is 0.192 e. The second-order valence-electron chi connectivity index (χ2n) is 6.70. The molecule has 0 fully saturated rings. The minimum atomic E-state index is -0.0339. The first-order valence-electron chi connectivity index (χ1n) is 9.86. The third-order valence-corrected chi connectivity index (χ3v) is 4.64. The molecule has 158 valence electrons. The number of aromatic amines is 1. The summed E-state index contributed by atoms with van der Waals surface area (Å²) in [5.74, 6) is 3.04. The summed E-state index contributed by atoms with van der Waals surface area (Å²) in [5, 5.41) is 13.5. The molecule has 2 aromatic carbocycles. The van der Waals surface area contributed by atoms with Crippen molar-refractivity contribution in [3.8, 4) is 22.9 Å². The molecule has 3 N–H and O–H groups in total. The zero-order chi connectivity index (χ0) is 21.3. The highest BCUT2D eigenvalue weighted by Gasteiger charge is 2.14. The van der Waals surface area contributed by atoms with Gasteiger partial charge in [-0.15, -0.1) is 0 Å². The topological polar surface area (TPSA) is 96.5 Å². The number of rotatable bonds is 8. The molecule has 0 aliphatic heterocycles. The molecule has 0 saturated carbocycles. The fraction of sp³-hybridized carbons (Fsp3) is 0.318. The van der Waals surface area contributed by atoms with E-state index < -0.39 is 0 Å². The Kier molecular flexibility index (Phi) is 7.26. The average Bonchev–Trinajstić information content (AvgIpc) is 3.32. The number of guanidine groups is 1. The molecule has 30 heavy (non-hydrogen) atoms. The van der Waals surface area contributed by atoms with Crippen molar-refractivity contribution < 1.29 is 9.47 Å². The van der Waals surface area contributed by atoms with E-state index in [0.29, 0.717) is 6.54 Å². The van der Waals surface area contributed by atoms with Gasteiger partial charge in [0.2, 0.25) is 0 Å². The summed E-state index contributed by atoms with van der Waals surface area (Å²) >= 11 is 0. The van der Waals surface area contributed by atoms with Crippen molar-refractivity contribution in [2.24, 2.45) is 4.99 Å². The molecule has 1 unspecified atom stereocenters. The Hall–Kier alpha value is -3.55. The Labute approximate surface area is 176 Å². The second-order valence-corrected chi connectivity index (χ2v) is 6.70. The lowest BCUT2D eigenvalue weighted by atomic mass is 10.1. The fourth-order valence-corrected chi connectivity index (χ4v) is 3.11. The Morgan fingerprint density at radius 2 is 2.03 bits per heavy atom. The minimum absolute atomic E-state index is 0.0339. The summed E-state index contributed by atoms with van der Waals surface area (Å²) in [6.45, 7) is 5.39. The van der Waals surface area contributed by atoms with Crippen molar-refractivity contribution in [1.29, 1.82) is 0 Å². The van der Waals surface area contributed by atoms with Crippen LogP contribution in [0, 0.1) is 0 Å². The van der Waals surface area contributed by atoms with Gasteiger partial charge in [0.05, 0.1) is 26.8 Å². The van der Waals surface area contributed by atoms with Crippen LogP contribution in [-0.4, -0.2) is 41.9 Å². The first-order chi connectivity index (χ1) is 14.6. The molecule has 0 bridgehead atoms.